The summed E-state index contributed by atoms with van der Waals surface area (Å²) < 4.78 is 0. The molecule has 0 aliphatic rings. The van der Waals surface area contributed by atoms with Crippen molar-refractivity contribution in [2.45, 2.75) is 6.92 Å². The van der Waals surface area contributed by atoms with Crippen LogP contribution in [0.1, 0.15) is 17.4 Å². The Balaban J connectivity index is 2.43. The Morgan fingerprint density at radius 2 is 2.31 bits per heavy atom. The molecule has 0 radical (unpaired) electrons. The van der Waals surface area contributed by atoms with Crippen LogP contribution >= 0.6 is 11.8 Å². The van der Waals surface area contributed by atoms with E-state index in [1.54, 1.807) is 11.8 Å². The van der Waals surface area contributed by atoms with Crippen molar-refractivity contribution in [1.29, 1.82) is 0 Å². The van der Waals surface area contributed by atoms with Crippen LogP contribution in [-0.2, 0) is 0 Å². The second-order valence-corrected chi connectivity index (χ2v) is 4.51. The van der Waals surface area contributed by atoms with Crippen molar-refractivity contribution in [2.24, 2.45) is 5.92 Å². The predicted molar refractivity (Wildman–Crippen MR) is 66.3 cm³/mol. The van der Waals surface area contributed by atoms with Gasteiger partial charge in [0, 0.05) is 6.54 Å². The van der Waals surface area contributed by atoms with Crippen molar-refractivity contribution in [1.82, 2.24) is 15.3 Å². The fraction of sp³-hybridized carbons (Fsp3) is 0.500. The first-order valence-corrected chi connectivity index (χ1v) is 6.37. The van der Waals surface area contributed by atoms with Gasteiger partial charge in [0.25, 0.3) is 5.91 Å². The van der Waals surface area contributed by atoms with Gasteiger partial charge in [0.2, 0.25) is 0 Å². The lowest BCUT2D eigenvalue weighted by Crippen LogP contribution is -2.29. The second kappa shape index (κ2) is 6.32. The van der Waals surface area contributed by atoms with Crippen molar-refractivity contribution in [3.8, 4) is 0 Å². The third-order valence-electron chi connectivity index (χ3n) is 1.97. The lowest BCUT2D eigenvalue weighted by molar-refractivity contribution is 0.0944. The maximum Gasteiger partial charge on any atom is 0.271 e. The average Bonchev–Trinajstić information content (AvgIpc) is 2.27. The van der Waals surface area contributed by atoms with Crippen LogP contribution in [0, 0.1) is 5.92 Å². The number of amides is 1. The van der Waals surface area contributed by atoms with E-state index >= 15 is 0 Å². The van der Waals surface area contributed by atoms with Gasteiger partial charge in [-0.15, -0.1) is 0 Å². The quantitative estimate of drug-likeness (QED) is 0.795. The zero-order valence-electron chi connectivity index (χ0n) is 9.43. The predicted octanol–water partition coefficient (Wildman–Crippen LogP) is 0.788. The number of carbonyl (C=O) groups is 1. The summed E-state index contributed by atoms with van der Waals surface area (Å²) in [5, 5.41) is 2.81. The van der Waals surface area contributed by atoms with Crippen molar-refractivity contribution in [2.75, 3.05) is 24.3 Å². The molecule has 5 nitrogen and oxygen atoms in total. The molecule has 1 aromatic rings. The molecule has 0 spiro atoms. The van der Waals surface area contributed by atoms with Crippen LogP contribution in [0.4, 0.5) is 5.82 Å². The van der Waals surface area contributed by atoms with Gasteiger partial charge in [-0.25, -0.2) is 9.97 Å². The fourth-order valence-electron chi connectivity index (χ4n) is 1.16. The molecule has 0 fully saturated rings. The van der Waals surface area contributed by atoms with Gasteiger partial charge in [-0.3, -0.25) is 4.79 Å². The molecule has 0 saturated heterocycles. The maximum absolute atomic E-state index is 11.6. The number of nitrogen functional groups attached to an aromatic ring is 1. The minimum Gasteiger partial charge on any atom is -0.382 e. The summed E-state index contributed by atoms with van der Waals surface area (Å²) in [7, 11) is 0. The standard InChI is InChI=1S/C10H16N4OS/c1-7(6-16-2)3-14-10(15)8-4-13-9(11)5-12-8/h4-5,7H,3,6H2,1-2H3,(H2,11,13)(H,14,15). The molecular weight excluding hydrogens is 224 g/mol. The SMILES string of the molecule is CSCC(C)CNC(=O)c1cnc(N)cn1. The van der Waals surface area contributed by atoms with Crippen LogP contribution in [0.25, 0.3) is 0 Å². The molecule has 1 unspecified atom stereocenters. The van der Waals surface area contributed by atoms with Crippen molar-refractivity contribution >= 4 is 23.5 Å². The minimum absolute atomic E-state index is 0.208. The van der Waals surface area contributed by atoms with E-state index in [9.17, 15) is 4.79 Å². The van der Waals surface area contributed by atoms with E-state index in [0.29, 0.717) is 24.0 Å². The maximum atomic E-state index is 11.6. The van der Waals surface area contributed by atoms with E-state index < -0.39 is 0 Å². The van der Waals surface area contributed by atoms with Crippen LogP contribution < -0.4 is 11.1 Å². The Labute approximate surface area is 99.2 Å². The van der Waals surface area contributed by atoms with E-state index in [0.717, 1.165) is 5.75 Å². The van der Waals surface area contributed by atoms with Crippen molar-refractivity contribution < 1.29 is 4.79 Å². The largest absolute Gasteiger partial charge is 0.382 e. The van der Waals surface area contributed by atoms with Crippen molar-refractivity contribution in [3.63, 3.8) is 0 Å². The zero-order valence-corrected chi connectivity index (χ0v) is 10.3. The molecule has 0 saturated carbocycles. The number of hydrogen-bond acceptors (Lipinski definition) is 5. The van der Waals surface area contributed by atoms with Gasteiger partial charge in [0.05, 0.1) is 12.4 Å². The zero-order chi connectivity index (χ0) is 12.0. The van der Waals surface area contributed by atoms with Gasteiger partial charge in [0.15, 0.2) is 0 Å². The third-order valence-corrected chi connectivity index (χ3v) is 2.87. The fourth-order valence-corrected chi connectivity index (χ4v) is 1.84. The molecule has 0 aliphatic carbocycles. The van der Waals surface area contributed by atoms with Crippen LogP contribution in [-0.4, -0.2) is 34.4 Å². The number of thioether (sulfide) groups is 1. The Morgan fingerprint density at radius 3 is 2.88 bits per heavy atom. The Hall–Kier alpha value is -1.30. The number of hydrogen-bond donors (Lipinski definition) is 2. The first-order valence-electron chi connectivity index (χ1n) is 4.98. The van der Waals surface area contributed by atoms with Crippen molar-refractivity contribution in [3.05, 3.63) is 18.1 Å². The molecule has 88 valence electrons. The monoisotopic (exact) mass is 240 g/mol. The van der Waals surface area contributed by atoms with E-state index in [-0.39, 0.29) is 5.91 Å². The molecule has 1 rings (SSSR count). The number of nitrogens with one attached hydrogen (secondary N) is 1. The highest BCUT2D eigenvalue weighted by atomic mass is 32.2. The lowest BCUT2D eigenvalue weighted by Gasteiger charge is -2.10. The number of nitrogens with two attached hydrogens (primary N) is 1. The van der Waals surface area contributed by atoms with Gasteiger partial charge in [-0.05, 0) is 17.9 Å². The van der Waals surface area contributed by atoms with E-state index in [1.165, 1.54) is 12.4 Å². The molecule has 1 amide bonds. The highest BCUT2D eigenvalue weighted by molar-refractivity contribution is 7.98. The second-order valence-electron chi connectivity index (χ2n) is 3.60. The Morgan fingerprint density at radius 1 is 1.56 bits per heavy atom. The molecule has 1 atom stereocenters. The van der Waals surface area contributed by atoms with E-state index in [1.807, 2.05) is 6.26 Å². The molecule has 16 heavy (non-hydrogen) atoms. The topological polar surface area (TPSA) is 80.9 Å². The van der Waals surface area contributed by atoms with Gasteiger partial charge in [-0.2, -0.15) is 11.8 Å². The molecular formula is C10H16N4OS. The van der Waals surface area contributed by atoms with Gasteiger partial charge in [-0.1, -0.05) is 6.92 Å². The average molecular weight is 240 g/mol. The van der Waals surface area contributed by atoms with Crippen LogP contribution in [0.3, 0.4) is 0 Å². The van der Waals surface area contributed by atoms with E-state index in [2.05, 4.69) is 22.2 Å². The van der Waals surface area contributed by atoms with Gasteiger partial charge < -0.3 is 11.1 Å². The van der Waals surface area contributed by atoms with Crippen LogP contribution in [0.5, 0.6) is 0 Å². The molecule has 0 aromatic carbocycles. The summed E-state index contributed by atoms with van der Waals surface area (Å²) in [5.74, 6) is 1.57. The summed E-state index contributed by atoms with van der Waals surface area (Å²) in [6.45, 7) is 2.73. The summed E-state index contributed by atoms with van der Waals surface area (Å²) in [5.41, 5.74) is 5.68. The normalized spacial score (nSPS) is 12.1. The number of carbonyl (C=O) groups excluding carboxylic acids is 1. The number of aromatic nitrogens is 2. The summed E-state index contributed by atoms with van der Waals surface area (Å²) in [6, 6.07) is 0. The summed E-state index contributed by atoms with van der Waals surface area (Å²) in [4.78, 5) is 19.3. The molecule has 3 N–H and O–H groups in total. The molecule has 0 bridgehead atoms. The van der Waals surface area contributed by atoms with Crippen LogP contribution in [0.2, 0.25) is 0 Å². The van der Waals surface area contributed by atoms with E-state index in [4.69, 9.17) is 5.73 Å². The summed E-state index contributed by atoms with van der Waals surface area (Å²) >= 11 is 1.76. The lowest BCUT2D eigenvalue weighted by atomic mass is 10.2. The molecule has 1 aromatic heterocycles. The molecule has 1 heterocycles. The third kappa shape index (κ3) is 4.06. The number of rotatable bonds is 5. The highest BCUT2D eigenvalue weighted by Gasteiger charge is 2.08. The highest BCUT2D eigenvalue weighted by Crippen LogP contribution is 2.03. The number of nitrogens with zero attached hydrogens (tertiary/aromatic N) is 2. The molecule has 0 aliphatic heterocycles. The Kier molecular flexibility index (Phi) is 5.04. The first kappa shape index (κ1) is 12.8. The van der Waals surface area contributed by atoms with Crippen LogP contribution in [0.15, 0.2) is 12.4 Å². The molecule has 6 heteroatoms. The van der Waals surface area contributed by atoms with Gasteiger partial charge >= 0.3 is 0 Å². The minimum atomic E-state index is -0.208. The first-order chi connectivity index (χ1) is 7.63. The smallest absolute Gasteiger partial charge is 0.271 e. The summed E-state index contributed by atoms with van der Waals surface area (Å²) in [6.07, 6.45) is 4.80. The Bertz CT molecular complexity index is 341. The number of anilines is 1. The van der Waals surface area contributed by atoms with Gasteiger partial charge in [0.1, 0.15) is 11.5 Å².